The van der Waals surface area contributed by atoms with Crippen LogP contribution in [0.2, 0.25) is 0 Å². The van der Waals surface area contributed by atoms with E-state index in [0.29, 0.717) is 50.1 Å². The highest BCUT2D eigenvalue weighted by Crippen LogP contribution is 2.36. The van der Waals surface area contributed by atoms with Crippen LogP contribution >= 0.6 is 0 Å². The van der Waals surface area contributed by atoms with Crippen LogP contribution in [0.15, 0.2) is 30.0 Å². The Morgan fingerprint density at radius 2 is 1.67 bits per heavy atom. The number of amides is 2. The molecule has 0 aromatic heterocycles. The first-order chi connectivity index (χ1) is 14.6. The number of ether oxygens (including phenoxy) is 2. The van der Waals surface area contributed by atoms with Crippen LogP contribution < -0.4 is 4.74 Å². The van der Waals surface area contributed by atoms with Crippen molar-refractivity contribution in [1.82, 2.24) is 9.80 Å². The fourth-order valence-corrected chi connectivity index (χ4v) is 4.53. The molecule has 1 aliphatic carbocycles. The van der Waals surface area contributed by atoms with E-state index < -0.39 is 0 Å². The fourth-order valence-electron chi connectivity index (χ4n) is 4.53. The van der Waals surface area contributed by atoms with Crippen LogP contribution in [0.3, 0.4) is 0 Å². The second-order valence-corrected chi connectivity index (χ2v) is 8.82. The first-order valence-electron chi connectivity index (χ1n) is 11.2. The lowest BCUT2D eigenvalue weighted by molar-refractivity contribution is -0.141. The average molecular weight is 413 g/mol. The van der Waals surface area contributed by atoms with Gasteiger partial charge in [-0.1, -0.05) is 45.2 Å². The van der Waals surface area contributed by atoms with E-state index in [1.165, 1.54) is 6.42 Å². The molecule has 1 saturated heterocycles. The van der Waals surface area contributed by atoms with Crippen LogP contribution in [0.25, 0.3) is 5.57 Å². The molecule has 0 spiro atoms. The predicted molar refractivity (Wildman–Crippen MR) is 115 cm³/mol. The van der Waals surface area contributed by atoms with Gasteiger partial charge in [0.1, 0.15) is 11.4 Å². The number of carbonyl (C=O) groups excluding carboxylic acids is 2. The van der Waals surface area contributed by atoms with Crippen molar-refractivity contribution in [3.05, 3.63) is 35.5 Å². The van der Waals surface area contributed by atoms with E-state index in [1.54, 1.807) is 4.90 Å². The van der Waals surface area contributed by atoms with Gasteiger partial charge in [0.15, 0.2) is 0 Å². The molecule has 0 unspecified atom stereocenters. The Hall–Kier alpha value is -2.34. The van der Waals surface area contributed by atoms with E-state index in [4.69, 9.17) is 9.47 Å². The molecule has 3 aliphatic rings. The van der Waals surface area contributed by atoms with Crippen LogP contribution in [-0.2, 0) is 14.3 Å². The summed E-state index contributed by atoms with van der Waals surface area (Å²) in [6.45, 7) is 7.27. The molecule has 2 amide bonds. The van der Waals surface area contributed by atoms with Crippen LogP contribution in [0.5, 0.6) is 5.75 Å². The Labute approximate surface area is 178 Å². The van der Waals surface area contributed by atoms with E-state index in [-0.39, 0.29) is 17.9 Å². The summed E-state index contributed by atoms with van der Waals surface area (Å²) in [6, 6.07) is 7.61. The molecular formula is C24H32N2O4. The first-order valence-corrected chi connectivity index (χ1v) is 11.2. The van der Waals surface area contributed by atoms with Crippen molar-refractivity contribution in [3.63, 3.8) is 0 Å². The molecule has 2 heterocycles. The second-order valence-electron chi connectivity index (χ2n) is 8.82. The number of rotatable bonds is 6. The normalized spacial score (nSPS) is 21.2. The second kappa shape index (κ2) is 9.21. The molecule has 0 radical (unpaired) electrons. The number of benzene rings is 1. The minimum atomic E-state index is -0.149. The first kappa shape index (κ1) is 20.9. The minimum Gasteiger partial charge on any atom is -0.493 e. The van der Waals surface area contributed by atoms with Crippen molar-refractivity contribution in [1.29, 1.82) is 0 Å². The van der Waals surface area contributed by atoms with Crippen molar-refractivity contribution in [2.24, 2.45) is 5.92 Å². The van der Waals surface area contributed by atoms with E-state index in [2.05, 4.69) is 13.8 Å². The Kier molecular flexibility index (Phi) is 6.42. The van der Waals surface area contributed by atoms with E-state index in [0.717, 1.165) is 37.0 Å². The maximum atomic E-state index is 13.5. The molecule has 162 valence electrons. The molecule has 0 atom stereocenters. The third-order valence-corrected chi connectivity index (χ3v) is 6.08. The highest BCUT2D eigenvalue weighted by atomic mass is 16.5. The molecule has 6 heteroatoms. The van der Waals surface area contributed by atoms with Crippen LogP contribution in [0.4, 0.5) is 0 Å². The molecule has 1 aromatic carbocycles. The van der Waals surface area contributed by atoms with Crippen molar-refractivity contribution in [2.75, 3.05) is 32.9 Å². The number of hydrogen-bond donors (Lipinski definition) is 0. The molecule has 1 aromatic rings. The number of imide groups is 1. The SMILES string of the molecule is CC(C)COc1ccc(C2=C(N3CCOCC3)C(=O)N(C3CCCCC3)C2=O)cc1. The Bertz CT molecular complexity index is 803. The van der Waals surface area contributed by atoms with Crippen molar-refractivity contribution in [3.8, 4) is 5.75 Å². The summed E-state index contributed by atoms with van der Waals surface area (Å²) in [5.74, 6) is 0.938. The van der Waals surface area contributed by atoms with Crippen molar-refractivity contribution < 1.29 is 19.1 Å². The Morgan fingerprint density at radius 3 is 2.30 bits per heavy atom. The lowest BCUT2D eigenvalue weighted by Crippen LogP contribution is -2.45. The zero-order chi connectivity index (χ0) is 21.1. The van der Waals surface area contributed by atoms with Crippen LogP contribution in [0.1, 0.15) is 51.5 Å². The van der Waals surface area contributed by atoms with Gasteiger partial charge in [-0.05, 0) is 36.5 Å². The summed E-state index contributed by atoms with van der Waals surface area (Å²) in [7, 11) is 0. The smallest absolute Gasteiger partial charge is 0.278 e. The standard InChI is InChI=1S/C24H32N2O4/c1-17(2)16-30-20-10-8-18(9-11-20)21-22(25-12-14-29-15-13-25)24(28)26(23(21)27)19-6-4-3-5-7-19/h8-11,17,19H,3-7,12-16H2,1-2H3. The van der Waals surface area contributed by atoms with Crippen molar-refractivity contribution in [2.45, 2.75) is 52.0 Å². The van der Waals surface area contributed by atoms with Gasteiger partial charge in [-0.15, -0.1) is 0 Å². The van der Waals surface area contributed by atoms with Crippen LogP contribution in [-0.4, -0.2) is 60.6 Å². The van der Waals surface area contributed by atoms with Gasteiger partial charge >= 0.3 is 0 Å². The van der Waals surface area contributed by atoms with Gasteiger partial charge in [0.2, 0.25) is 0 Å². The van der Waals surface area contributed by atoms with Gasteiger partial charge in [-0.2, -0.15) is 0 Å². The lowest BCUT2D eigenvalue weighted by Gasteiger charge is -2.32. The van der Waals surface area contributed by atoms with Gasteiger partial charge in [0.25, 0.3) is 11.8 Å². The monoisotopic (exact) mass is 412 g/mol. The summed E-state index contributed by atoms with van der Waals surface area (Å²) in [6.07, 6.45) is 5.14. The maximum Gasteiger partial charge on any atom is 0.278 e. The molecule has 4 rings (SSSR count). The number of nitrogens with zero attached hydrogens (tertiary/aromatic N) is 2. The molecule has 6 nitrogen and oxygen atoms in total. The van der Waals surface area contributed by atoms with Gasteiger partial charge in [-0.3, -0.25) is 14.5 Å². The molecular weight excluding hydrogens is 380 g/mol. The highest BCUT2D eigenvalue weighted by Gasteiger charge is 2.45. The number of hydrogen-bond acceptors (Lipinski definition) is 5. The zero-order valence-electron chi connectivity index (χ0n) is 18.1. The molecule has 2 fully saturated rings. The summed E-state index contributed by atoms with van der Waals surface area (Å²) in [4.78, 5) is 30.6. The molecule has 2 aliphatic heterocycles. The minimum absolute atomic E-state index is 0.0148. The summed E-state index contributed by atoms with van der Waals surface area (Å²) in [5.41, 5.74) is 1.86. The molecule has 0 bridgehead atoms. The van der Waals surface area contributed by atoms with E-state index in [9.17, 15) is 9.59 Å². The largest absolute Gasteiger partial charge is 0.493 e. The zero-order valence-corrected chi connectivity index (χ0v) is 18.1. The number of carbonyl (C=O) groups is 2. The highest BCUT2D eigenvalue weighted by molar-refractivity contribution is 6.35. The quantitative estimate of drug-likeness (QED) is 0.670. The van der Waals surface area contributed by atoms with Crippen LogP contribution in [0, 0.1) is 5.92 Å². The van der Waals surface area contributed by atoms with Gasteiger partial charge in [0, 0.05) is 19.1 Å². The predicted octanol–water partition coefficient (Wildman–Crippen LogP) is 3.47. The maximum absolute atomic E-state index is 13.5. The third-order valence-electron chi connectivity index (χ3n) is 6.08. The lowest BCUT2D eigenvalue weighted by atomic mass is 9.94. The topological polar surface area (TPSA) is 59.1 Å². The fraction of sp³-hybridized carbons (Fsp3) is 0.583. The summed E-state index contributed by atoms with van der Waals surface area (Å²) < 4.78 is 11.3. The Morgan fingerprint density at radius 1 is 1.00 bits per heavy atom. The summed E-state index contributed by atoms with van der Waals surface area (Å²) in [5, 5.41) is 0. The van der Waals surface area contributed by atoms with Gasteiger partial charge in [0.05, 0.1) is 25.4 Å². The van der Waals surface area contributed by atoms with Gasteiger partial charge < -0.3 is 14.4 Å². The van der Waals surface area contributed by atoms with E-state index in [1.807, 2.05) is 29.2 Å². The van der Waals surface area contributed by atoms with Gasteiger partial charge in [-0.25, -0.2) is 0 Å². The average Bonchev–Trinajstić information content (AvgIpc) is 3.04. The Balaban J connectivity index is 1.65. The van der Waals surface area contributed by atoms with Crippen molar-refractivity contribution >= 4 is 17.4 Å². The van der Waals surface area contributed by atoms with E-state index >= 15 is 0 Å². The summed E-state index contributed by atoms with van der Waals surface area (Å²) >= 11 is 0. The third kappa shape index (κ3) is 4.24. The molecule has 0 N–H and O–H groups in total. The molecule has 30 heavy (non-hydrogen) atoms. The number of morpholine rings is 1. The molecule has 1 saturated carbocycles.